The van der Waals surface area contributed by atoms with E-state index in [4.69, 9.17) is 24.8 Å². The average molecular weight is 728 g/mol. The van der Waals surface area contributed by atoms with Gasteiger partial charge in [-0.15, -0.1) is 0 Å². The highest BCUT2D eigenvalue weighted by Crippen LogP contribution is 2.43. The number of phosphoric ester groups is 1. The van der Waals surface area contributed by atoms with Crippen molar-refractivity contribution in [1.82, 2.24) is 0 Å². The summed E-state index contributed by atoms with van der Waals surface area (Å²) in [6.45, 7) is 2.59. The van der Waals surface area contributed by atoms with Crippen molar-refractivity contribution in [3.05, 3.63) is 48.6 Å². The molecule has 0 radical (unpaired) electrons. The predicted molar refractivity (Wildman–Crippen MR) is 198 cm³/mol. The van der Waals surface area contributed by atoms with Gasteiger partial charge in [0.05, 0.1) is 13.2 Å². The number of allylic oxidation sites excluding steroid dienone is 8. The molecule has 0 saturated carbocycles. The third kappa shape index (κ3) is 32.6. The summed E-state index contributed by atoms with van der Waals surface area (Å²) in [6, 6.07) is -1.53. The van der Waals surface area contributed by atoms with E-state index in [9.17, 15) is 23.8 Å². The summed E-state index contributed by atoms with van der Waals surface area (Å²) < 4.78 is 32.5. The molecule has 0 saturated heterocycles. The fraction of sp³-hybridized carbons (Fsp3) is 0.711. The minimum atomic E-state index is -4.72. The maximum absolute atomic E-state index is 12.5. The van der Waals surface area contributed by atoms with E-state index in [0.717, 1.165) is 89.9 Å². The first-order valence-corrected chi connectivity index (χ1v) is 20.2. The number of ether oxygens (including phenoxy) is 2. The molecule has 0 aromatic carbocycles. The van der Waals surface area contributed by atoms with Crippen LogP contribution in [0.2, 0.25) is 0 Å². The van der Waals surface area contributed by atoms with Gasteiger partial charge in [-0.25, -0.2) is 4.57 Å². The van der Waals surface area contributed by atoms with Crippen LogP contribution >= 0.6 is 7.82 Å². The highest BCUT2D eigenvalue weighted by atomic mass is 31.2. The molecule has 11 nitrogen and oxygen atoms in total. The normalized spacial score (nSPS) is 14.5. The molecule has 0 aliphatic rings. The number of hydrogen-bond donors (Lipinski definition) is 3. The molecule has 0 aromatic heterocycles. The van der Waals surface area contributed by atoms with Crippen molar-refractivity contribution >= 4 is 25.7 Å². The summed E-state index contributed by atoms with van der Waals surface area (Å²) in [5.74, 6) is -2.42. The van der Waals surface area contributed by atoms with Gasteiger partial charge in [0, 0.05) is 12.8 Å². The van der Waals surface area contributed by atoms with Crippen molar-refractivity contribution in [2.75, 3.05) is 19.8 Å². The Morgan fingerprint density at radius 1 is 0.640 bits per heavy atom. The van der Waals surface area contributed by atoms with Gasteiger partial charge in [0.1, 0.15) is 12.6 Å². The van der Waals surface area contributed by atoms with Gasteiger partial charge in [0.25, 0.3) is 0 Å². The molecule has 50 heavy (non-hydrogen) atoms. The van der Waals surface area contributed by atoms with E-state index in [1.54, 1.807) is 0 Å². The van der Waals surface area contributed by atoms with Crippen LogP contribution in [0.4, 0.5) is 0 Å². The molecule has 288 valence electrons. The number of carbonyl (C=O) groups is 3. The number of carboxylic acids is 1. The van der Waals surface area contributed by atoms with Gasteiger partial charge in [-0.05, 0) is 64.2 Å². The second-order valence-electron chi connectivity index (χ2n) is 12.3. The first-order chi connectivity index (χ1) is 24.1. The van der Waals surface area contributed by atoms with Gasteiger partial charge in [0.2, 0.25) is 0 Å². The lowest BCUT2D eigenvalue weighted by Crippen LogP contribution is -2.34. The summed E-state index contributed by atoms with van der Waals surface area (Å²) >= 11 is 0. The van der Waals surface area contributed by atoms with Crippen molar-refractivity contribution in [3.63, 3.8) is 0 Å². The van der Waals surface area contributed by atoms with E-state index in [1.807, 2.05) is 0 Å². The number of phosphoric acid groups is 1. The molecule has 0 heterocycles. The molecular weight excluding hydrogens is 661 g/mol. The van der Waals surface area contributed by atoms with Crippen molar-refractivity contribution < 1.29 is 47.5 Å². The summed E-state index contributed by atoms with van der Waals surface area (Å²) in [4.78, 5) is 45.7. The second kappa shape index (κ2) is 33.6. The van der Waals surface area contributed by atoms with Crippen LogP contribution in [0, 0.1) is 0 Å². The molecule has 0 aliphatic carbocycles. The SMILES string of the molecule is CCC=CCC=CCC=CCCCCCCCC(=O)OC(COC(=O)CCCCCCCC=CCCCC)COP(=O)(O)OCC(N)C(=O)O. The Morgan fingerprint density at radius 3 is 1.70 bits per heavy atom. The molecule has 4 N–H and O–H groups in total. The van der Waals surface area contributed by atoms with Gasteiger partial charge < -0.3 is 25.2 Å². The zero-order valence-electron chi connectivity index (χ0n) is 30.7. The highest BCUT2D eigenvalue weighted by Gasteiger charge is 2.28. The molecule has 0 spiro atoms. The number of unbranched alkanes of at least 4 members (excludes halogenated alkanes) is 12. The fourth-order valence-electron chi connectivity index (χ4n) is 4.59. The van der Waals surface area contributed by atoms with Crippen LogP contribution in [-0.4, -0.2) is 59.9 Å². The fourth-order valence-corrected chi connectivity index (χ4v) is 5.37. The van der Waals surface area contributed by atoms with Crippen molar-refractivity contribution in [2.45, 2.75) is 154 Å². The van der Waals surface area contributed by atoms with Gasteiger partial charge in [0.15, 0.2) is 6.10 Å². The largest absolute Gasteiger partial charge is 0.480 e. The number of hydrogen-bond acceptors (Lipinski definition) is 9. The molecule has 0 aromatic rings. The summed E-state index contributed by atoms with van der Waals surface area (Å²) in [5, 5.41) is 8.85. The third-order valence-electron chi connectivity index (χ3n) is 7.56. The Hall–Kier alpha value is -2.56. The Morgan fingerprint density at radius 2 is 1.12 bits per heavy atom. The van der Waals surface area contributed by atoms with E-state index in [-0.39, 0.29) is 19.4 Å². The lowest BCUT2D eigenvalue weighted by Gasteiger charge is -2.20. The van der Waals surface area contributed by atoms with Crippen molar-refractivity contribution in [2.24, 2.45) is 5.73 Å². The topological polar surface area (TPSA) is 172 Å². The molecule has 3 unspecified atom stereocenters. The first-order valence-electron chi connectivity index (χ1n) is 18.7. The molecule has 0 aliphatic heterocycles. The van der Waals surface area contributed by atoms with Gasteiger partial charge in [-0.3, -0.25) is 23.4 Å². The van der Waals surface area contributed by atoms with Crippen LogP contribution in [0.15, 0.2) is 48.6 Å². The smallest absolute Gasteiger partial charge is 0.472 e. The third-order valence-corrected chi connectivity index (χ3v) is 8.51. The number of aliphatic carboxylic acids is 1. The van der Waals surface area contributed by atoms with Crippen LogP contribution in [0.3, 0.4) is 0 Å². The second-order valence-corrected chi connectivity index (χ2v) is 13.8. The van der Waals surface area contributed by atoms with Crippen LogP contribution in [0.1, 0.15) is 142 Å². The Labute approximate surface area is 301 Å². The van der Waals surface area contributed by atoms with Crippen LogP contribution in [0.25, 0.3) is 0 Å². The number of carbonyl (C=O) groups excluding carboxylic acids is 2. The maximum Gasteiger partial charge on any atom is 0.472 e. The van der Waals surface area contributed by atoms with Gasteiger partial charge >= 0.3 is 25.7 Å². The molecule has 12 heteroatoms. The Bertz CT molecular complexity index is 1040. The Balaban J connectivity index is 4.50. The van der Waals surface area contributed by atoms with Gasteiger partial charge in [-0.1, -0.05) is 114 Å². The van der Waals surface area contributed by atoms with Crippen LogP contribution in [0.5, 0.6) is 0 Å². The number of esters is 2. The van der Waals surface area contributed by atoms with Crippen molar-refractivity contribution in [1.29, 1.82) is 0 Å². The predicted octanol–water partition coefficient (Wildman–Crippen LogP) is 9.05. The van der Waals surface area contributed by atoms with Crippen LogP contribution < -0.4 is 5.73 Å². The number of nitrogens with two attached hydrogens (primary N) is 1. The number of rotatable bonds is 34. The zero-order chi connectivity index (χ0) is 37.1. The Kier molecular flexibility index (Phi) is 31.9. The maximum atomic E-state index is 12.5. The minimum absolute atomic E-state index is 0.138. The molecular formula is C38H66NO10P. The zero-order valence-corrected chi connectivity index (χ0v) is 31.6. The van der Waals surface area contributed by atoms with E-state index >= 15 is 0 Å². The molecule has 0 rings (SSSR count). The molecule has 0 fully saturated rings. The van der Waals surface area contributed by atoms with E-state index in [2.05, 4.69) is 67.0 Å². The van der Waals surface area contributed by atoms with E-state index in [0.29, 0.717) is 12.8 Å². The van der Waals surface area contributed by atoms with E-state index in [1.165, 1.54) is 12.8 Å². The quantitative estimate of drug-likeness (QED) is 0.0250. The average Bonchev–Trinajstić information content (AvgIpc) is 3.09. The van der Waals surface area contributed by atoms with Crippen LogP contribution in [-0.2, 0) is 37.5 Å². The number of carboxylic acid groups (broad SMARTS) is 1. The molecule has 0 amide bonds. The lowest BCUT2D eigenvalue weighted by molar-refractivity contribution is -0.161. The van der Waals surface area contributed by atoms with E-state index < -0.39 is 51.1 Å². The summed E-state index contributed by atoms with van der Waals surface area (Å²) in [6.07, 6.45) is 34.7. The standard InChI is InChI=1S/C38H66NO10P/c1-3-5-7-9-11-13-15-16-17-18-20-22-24-26-28-30-37(41)49-34(32-47-50(44,45)48-33-35(39)38(42)43)31-46-36(40)29-27-25-23-21-19-14-12-10-8-6-4-2/h5,7,10-13,16-17,34-35H,3-4,6,8-9,14-15,18-33,39H2,1-2H3,(H,42,43)(H,44,45). The summed E-state index contributed by atoms with van der Waals surface area (Å²) in [7, 11) is -4.72. The summed E-state index contributed by atoms with van der Waals surface area (Å²) in [5.41, 5.74) is 5.31. The highest BCUT2D eigenvalue weighted by molar-refractivity contribution is 7.47. The minimum Gasteiger partial charge on any atom is -0.480 e. The van der Waals surface area contributed by atoms with Crippen molar-refractivity contribution in [3.8, 4) is 0 Å². The first kappa shape index (κ1) is 47.4. The monoisotopic (exact) mass is 727 g/mol. The molecule has 3 atom stereocenters. The molecule has 0 bridgehead atoms. The van der Waals surface area contributed by atoms with Gasteiger partial charge in [-0.2, -0.15) is 0 Å². The lowest BCUT2D eigenvalue weighted by atomic mass is 10.1.